The van der Waals surface area contributed by atoms with Gasteiger partial charge in [-0.05, 0) is 83.9 Å². The van der Waals surface area contributed by atoms with E-state index in [0.29, 0.717) is 40.7 Å². The molecule has 0 heterocycles. The Bertz CT molecular complexity index is 3730. The molecule has 75 heavy (non-hydrogen) atoms. The van der Waals surface area contributed by atoms with E-state index in [9.17, 15) is 50.4 Å². The van der Waals surface area contributed by atoms with Gasteiger partial charge in [0.2, 0.25) is 0 Å². The fourth-order valence-electron chi connectivity index (χ4n) is 8.19. The van der Waals surface area contributed by atoms with Gasteiger partial charge >= 0.3 is 0 Å². The average Bonchev–Trinajstić information content (AvgIpc) is 3.37. The molecule has 0 aliphatic rings. The summed E-state index contributed by atoms with van der Waals surface area (Å²) in [5.41, 5.74) is 0.799. The molecule has 18 nitrogen and oxygen atoms in total. The van der Waals surface area contributed by atoms with Gasteiger partial charge in [0.05, 0.1) is 33.4 Å². The monoisotopic (exact) mass is 1080 g/mol. The Balaban J connectivity index is 1.12. The lowest BCUT2D eigenvalue weighted by Crippen LogP contribution is -2.26. The smallest absolute Gasteiger partial charge is 0.288 e. The number of amides is 1. The summed E-state index contributed by atoms with van der Waals surface area (Å²) in [7, 11) is -13.9. The summed E-state index contributed by atoms with van der Waals surface area (Å²) >= 11 is 0. The molecule has 0 saturated carbocycles. The molecule has 0 spiro atoms. The zero-order valence-electron chi connectivity index (χ0n) is 42.4. The summed E-state index contributed by atoms with van der Waals surface area (Å²) in [6.07, 6.45) is 3.80. The van der Waals surface area contributed by atoms with Crippen molar-refractivity contribution in [2.24, 2.45) is 10.3 Å². The SMILES string of the molecule is CCC(C)(C)c1ccc(OCCCCNC(=O)c2cc(NS(=O)(=O)c3ccc(S(=O)(=O)N(N=Nc4ccc([N+](=O)[O-])cc4S(C)(=O)=O)c4cccc5ccccc45)c(O)c3)c3ccccc3c2O)c(C(C)(C)CC)c1. The molecular weight excluding hydrogens is 1020 g/mol. The molecule has 7 aromatic rings. The Kier molecular flexibility index (Phi) is 15.9. The first-order chi connectivity index (χ1) is 35.3. The van der Waals surface area contributed by atoms with Gasteiger partial charge in [-0.2, -0.15) is 8.42 Å². The number of nitrogens with one attached hydrogen (secondary N) is 2. The Labute approximate surface area is 436 Å². The van der Waals surface area contributed by atoms with Crippen molar-refractivity contribution in [1.29, 1.82) is 0 Å². The van der Waals surface area contributed by atoms with Crippen molar-refractivity contribution in [1.82, 2.24) is 5.32 Å². The highest BCUT2D eigenvalue weighted by atomic mass is 32.2. The minimum atomic E-state index is -5.06. The van der Waals surface area contributed by atoms with Crippen LogP contribution in [0.5, 0.6) is 17.2 Å². The number of nitro benzene ring substituents is 1. The molecule has 0 saturated heterocycles. The van der Waals surface area contributed by atoms with Crippen LogP contribution in [0.25, 0.3) is 21.5 Å². The lowest BCUT2D eigenvalue weighted by molar-refractivity contribution is -0.385. The zero-order valence-corrected chi connectivity index (χ0v) is 44.8. The number of rotatable bonds is 21. The Morgan fingerprint density at radius 2 is 1.41 bits per heavy atom. The van der Waals surface area contributed by atoms with Crippen molar-refractivity contribution in [3.8, 4) is 17.2 Å². The fraction of sp³-hybridized carbons (Fsp3) is 0.278. The number of phenols is 2. The predicted octanol–water partition coefficient (Wildman–Crippen LogP) is 11.4. The van der Waals surface area contributed by atoms with Crippen LogP contribution in [0.15, 0.2) is 152 Å². The van der Waals surface area contributed by atoms with Gasteiger partial charge < -0.3 is 20.3 Å². The molecule has 0 aliphatic carbocycles. The van der Waals surface area contributed by atoms with E-state index in [-0.39, 0.29) is 45.1 Å². The Hall–Kier alpha value is -7.62. The van der Waals surface area contributed by atoms with Gasteiger partial charge in [0, 0.05) is 52.7 Å². The van der Waals surface area contributed by atoms with Crippen LogP contribution >= 0.6 is 0 Å². The van der Waals surface area contributed by atoms with Gasteiger partial charge in [0.1, 0.15) is 32.7 Å². The van der Waals surface area contributed by atoms with Crippen LogP contribution in [0.4, 0.5) is 22.7 Å². The normalized spacial score (nSPS) is 12.5. The van der Waals surface area contributed by atoms with Crippen LogP contribution in [0.2, 0.25) is 0 Å². The Morgan fingerprint density at radius 3 is 2.08 bits per heavy atom. The quantitative estimate of drug-likeness (QED) is 0.0172. The molecule has 4 N–H and O–H groups in total. The Morgan fingerprint density at radius 1 is 0.747 bits per heavy atom. The molecule has 1 amide bonds. The number of anilines is 2. The summed E-state index contributed by atoms with van der Waals surface area (Å²) in [6.45, 7) is 13.8. The number of nitrogens with zero attached hydrogens (tertiary/aromatic N) is 4. The minimum absolute atomic E-state index is 0.00656. The van der Waals surface area contributed by atoms with Crippen molar-refractivity contribution in [2.75, 3.05) is 28.5 Å². The number of sulfone groups is 1. The average molecular weight is 1080 g/mol. The first kappa shape index (κ1) is 55.1. The molecule has 7 rings (SSSR count). The van der Waals surface area contributed by atoms with Crippen molar-refractivity contribution in [3.05, 3.63) is 154 Å². The van der Waals surface area contributed by atoms with Crippen molar-refractivity contribution in [3.63, 3.8) is 0 Å². The molecule has 0 atom stereocenters. The van der Waals surface area contributed by atoms with E-state index in [0.717, 1.165) is 60.7 Å². The maximum Gasteiger partial charge on any atom is 0.288 e. The number of benzene rings is 7. The highest BCUT2D eigenvalue weighted by molar-refractivity contribution is 7.93. The van der Waals surface area contributed by atoms with Crippen molar-refractivity contribution < 1.29 is 49.9 Å². The summed E-state index contributed by atoms with van der Waals surface area (Å²) in [5, 5.41) is 46.1. The van der Waals surface area contributed by atoms with E-state index >= 15 is 0 Å². The van der Waals surface area contributed by atoms with E-state index in [1.165, 1.54) is 35.9 Å². The molecular formula is C54H58N6O12S3. The topological polar surface area (TPSA) is 264 Å². The number of hydrogen-bond donors (Lipinski definition) is 4. The van der Waals surface area contributed by atoms with E-state index < -0.39 is 78.3 Å². The third-order valence-electron chi connectivity index (χ3n) is 13.4. The number of aromatic hydroxyl groups is 2. The second kappa shape index (κ2) is 21.7. The highest BCUT2D eigenvalue weighted by Gasteiger charge is 2.33. The van der Waals surface area contributed by atoms with Crippen LogP contribution in [0, 0.1) is 10.1 Å². The number of sulfonamides is 2. The van der Waals surface area contributed by atoms with Gasteiger partial charge in [-0.15, -0.1) is 9.53 Å². The minimum Gasteiger partial charge on any atom is -0.506 e. The van der Waals surface area contributed by atoms with Crippen LogP contribution in [-0.4, -0.2) is 65.7 Å². The molecule has 0 radical (unpaired) electrons. The van der Waals surface area contributed by atoms with Crippen LogP contribution < -0.4 is 19.2 Å². The number of phenolic OH excluding ortho intramolecular Hbond substituents is 2. The molecule has 0 fully saturated rings. The largest absolute Gasteiger partial charge is 0.506 e. The van der Waals surface area contributed by atoms with E-state index in [1.54, 1.807) is 42.5 Å². The lowest BCUT2D eigenvalue weighted by atomic mass is 9.76. The van der Waals surface area contributed by atoms with E-state index in [1.807, 2.05) is 6.07 Å². The van der Waals surface area contributed by atoms with Crippen molar-refractivity contribution >= 4 is 80.1 Å². The summed E-state index contributed by atoms with van der Waals surface area (Å²) < 4.78 is 92.1. The maximum absolute atomic E-state index is 14.6. The highest BCUT2D eigenvalue weighted by Crippen LogP contribution is 2.41. The van der Waals surface area contributed by atoms with Crippen LogP contribution in [0.1, 0.15) is 88.7 Å². The number of carbonyl (C=O) groups excluding carboxylic acids is 1. The molecule has 0 aliphatic heterocycles. The van der Waals surface area contributed by atoms with Crippen LogP contribution in [0.3, 0.4) is 0 Å². The van der Waals surface area contributed by atoms with Crippen molar-refractivity contribution in [2.45, 2.75) is 92.7 Å². The van der Waals surface area contributed by atoms with Crippen LogP contribution in [-0.2, 0) is 40.7 Å². The number of fused-ring (bicyclic) bond motifs is 2. The molecule has 21 heteroatoms. The molecule has 0 bridgehead atoms. The van der Waals surface area contributed by atoms with Gasteiger partial charge in [0.25, 0.3) is 31.6 Å². The molecule has 0 unspecified atom stereocenters. The maximum atomic E-state index is 14.6. The number of nitro groups is 1. The van der Waals surface area contributed by atoms with Gasteiger partial charge in [-0.25, -0.2) is 16.8 Å². The number of non-ortho nitro benzene ring substituents is 1. The standard InChI is InChI=1S/C54H58N6O12S3/c1-8-53(3,4)36-23-27-48(43(31-36)54(5,6)9-2)72-30-15-14-29-55-52(63)42-34-45(40-20-12-13-21-41(40)51(42)62)57-74(68,69)38-25-28-49(47(61)33-38)75(70,71)59(46-22-16-18-35-17-10-11-19-39(35)46)58-56-44-26-24-37(60(64)65)32-50(44)73(7,66)67/h10-13,16-28,31-34,57,61-62H,8-9,14-15,29-30H2,1-7H3,(H,55,63). The fourth-order valence-corrected chi connectivity index (χ4v) is 11.4. The number of hydrogen-bond acceptors (Lipinski definition) is 14. The molecule has 394 valence electrons. The van der Waals surface area contributed by atoms with Gasteiger partial charge in [-0.3, -0.25) is 19.6 Å². The number of ether oxygens (including phenoxy) is 1. The second-order valence-corrected chi connectivity index (χ2v) is 24.6. The zero-order chi connectivity index (χ0) is 54.7. The second-order valence-electron chi connectivity index (χ2n) is 19.2. The summed E-state index contributed by atoms with van der Waals surface area (Å²) in [4.78, 5) is 22.3. The first-order valence-electron chi connectivity index (χ1n) is 23.9. The first-order valence-corrected chi connectivity index (χ1v) is 28.7. The van der Waals surface area contributed by atoms with E-state index in [2.05, 4.69) is 74.1 Å². The number of unbranched alkanes of at least 4 members (excludes halogenated alkanes) is 1. The van der Waals surface area contributed by atoms with E-state index in [4.69, 9.17) is 4.74 Å². The number of carbonyl (C=O) groups is 1. The molecule has 0 aromatic heterocycles. The van der Waals surface area contributed by atoms with Gasteiger partial charge in [0.15, 0.2) is 9.84 Å². The predicted molar refractivity (Wildman–Crippen MR) is 289 cm³/mol. The van der Waals surface area contributed by atoms with Gasteiger partial charge in [-0.1, -0.05) is 120 Å². The summed E-state index contributed by atoms with van der Waals surface area (Å²) in [5.74, 6) is -1.30. The third kappa shape index (κ3) is 11.8. The lowest BCUT2D eigenvalue weighted by Gasteiger charge is -2.30. The summed E-state index contributed by atoms with van der Waals surface area (Å²) in [6, 6.07) is 30.1. The third-order valence-corrected chi connectivity index (χ3v) is 17.5. The molecule has 7 aromatic carbocycles.